The number of thiazole rings is 1. The first-order chi connectivity index (χ1) is 9.81. The normalized spacial score (nSPS) is 11.8. The Morgan fingerprint density at radius 3 is 2.75 bits per heavy atom. The highest BCUT2D eigenvalue weighted by Gasteiger charge is 1.99. The molecule has 3 aromatic rings. The van der Waals surface area contributed by atoms with Crippen LogP contribution in [-0.2, 0) is 6.54 Å². The number of nitrogens with zero attached hydrogens (tertiary/aromatic N) is 3. The second-order valence-electron chi connectivity index (χ2n) is 4.25. The molecule has 0 aliphatic heterocycles. The Labute approximate surface area is 125 Å². The van der Waals surface area contributed by atoms with E-state index < -0.39 is 0 Å². The van der Waals surface area contributed by atoms with Gasteiger partial charge < -0.3 is 4.57 Å². The topological polar surface area (TPSA) is 30.2 Å². The summed E-state index contributed by atoms with van der Waals surface area (Å²) in [6, 6.07) is 13.7. The number of halogens is 1. The van der Waals surface area contributed by atoms with Crippen molar-refractivity contribution >= 4 is 28.6 Å². The van der Waals surface area contributed by atoms with E-state index in [0.29, 0.717) is 5.15 Å². The van der Waals surface area contributed by atoms with Crippen LogP contribution in [0.25, 0.3) is 0 Å². The van der Waals surface area contributed by atoms with Gasteiger partial charge in [0.15, 0.2) is 4.80 Å². The molecular weight excluding hydrogens is 290 g/mol. The number of rotatable bonds is 3. The van der Waals surface area contributed by atoms with E-state index in [0.717, 1.165) is 22.6 Å². The van der Waals surface area contributed by atoms with Crippen LogP contribution in [0.2, 0.25) is 5.15 Å². The highest BCUT2D eigenvalue weighted by Crippen LogP contribution is 2.10. The third kappa shape index (κ3) is 3.15. The maximum absolute atomic E-state index is 5.80. The van der Waals surface area contributed by atoms with Crippen LogP contribution < -0.4 is 4.80 Å². The molecule has 0 saturated heterocycles. The molecule has 0 amide bonds. The summed E-state index contributed by atoms with van der Waals surface area (Å²) < 4.78 is 2.10. The molecule has 0 N–H and O–H groups in total. The zero-order valence-corrected chi connectivity index (χ0v) is 12.2. The van der Waals surface area contributed by atoms with Gasteiger partial charge in [-0.15, -0.1) is 11.3 Å². The van der Waals surface area contributed by atoms with Gasteiger partial charge in [-0.05, 0) is 23.8 Å². The second kappa shape index (κ2) is 6.03. The molecule has 3 nitrogen and oxygen atoms in total. The van der Waals surface area contributed by atoms with Crippen molar-refractivity contribution in [3.8, 4) is 0 Å². The van der Waals surface area contributed by atoms with Gasteiger partial charge in [0.2, 0.25) is 0 Å². The van der Waals surface area contributed by atoms with Crippen LogP contribution in [0.3, 0.4) is 0 Å². The van der Waals surface area contributed by atoms with Crippen molar-refractivity contribution in [1.82, 2.24) is 9.55 Å². The van der Waals surface area contributed by atoms with Crippen LogP contribution >= 0.6 is 22.9 Å². The van der Waals surface area contributed by atoms with Gasteiger partial charge >= 0.3 is 0 Å². The molecule has 2 aromatic heterocycles. The Morgan fingerprint density at radius 1 is 1.15 bits per heavy atom. The van der Waals surface area contributed by atoms with E-state index >= 15 is 0 Å². The number of hydrogen-bond donors (Lipinski definition) is 0. The molecule has 3 rings (SSSR count). The lowest BCUT2D eigenvalue weighted by Gasteiger charge is -2.03. The molecule has 0 saturated carbocycles. The first-order valence-electron chi connectivity index (χ1n) is 6.15. The van der Waals surface area contributed by atoms with Crippen LogP contribution in [0.15, 0.2) is 65.2 Å². The van der Waals surface area contributed by atoms with E-state index in [1.807, 2.05) is 48.0 Å². The van der Waals surface area contributed by atoms with Crippen molar-refractivity contribution < 1.29 is 0 Å². The molecule has 0 fully saturated rings. The highest BCUT2D eigenvalue weighted by atomic mass is 35.5. The molecule has 100 valence electrons. The standard InChI is InChI=1S/C15H12ClN3S/c16-14-7-6-12(10-17-14)11-19-8-9-20-15(19)18-13-4-2-1-3-5-13/h1-10H,11H2/b18-15+. The Bertz CT molecular complexity index is 745. The van der Waals surface area contributed by atoms with Gasteiger partial charge in [-0.3, -0.25) is 0 Å². The van der Waals surface area contributed by atoms with Crippen molar-refractivity contribution in [3.63, 3.8) is 0 Å². The van der Waals surface area contributed by atoms with Gasteiger partial charge in [0.05, 0.1) is 12.2 Å². The quantitative estimate of drug-likeness (QED) is 0.675. The van der Waals surface area contributed by atoms with Crippen molar-refractivity contribution in [3.05, 3.63) is 75.8 Å². The van der Waals surface area contributed by atoms with E-state index in [1.165, 1.54) is 0 Å². The van der Waals surface area contributed by atoms with E-state index in [-0.39, 0.29) is 0 Å². The Kier molecular flexibility index (Phi) is 3.95. The number of aromatic nitrogens is 2. The fourth-order valence-corrected chi connectivity index (χ4v) is 2.68. The molecule has 2 heterocycles. The zero-order chi connectivity index (χ0) is 13.8. The summed E-state index contributed by atoms with van der Waals surface area (Å²) in [6.07, 6.45) is 3.82. The number of pyridine rings is 1. The Balaban J connectivity index is 1.91. The Hall–Kier alpha value is -1.91. The minimum absolute atomic E-state index is 0.512. The largest absolute Gasteiger partial charge is 0.319 e. The van der Waals surface area contributed by atoms with Gasteiger partial charge in [0.25, 0.3) is 0 Å². The predicted octanol–water partition coefficient (Wildman–Crippen LogP) is 3.88. The van der Waals surface area contributed by atoms with Gasteiger partial charge in [-0.1, -0.05) is 35.9 Å². The van der Waals surface area contributed by atoms with E-state index in [9.17, 15) is 0 Å². The van der Waals surface area contributed by atoms with Gasteiger partial charge in [-0.2, -0.15) is 0 Å². The van der Waals surface area contributed by atoms with E-state index in [4.69, 9.17) is 11.6 Å². The molecule has 5 heteroatoms. The summed E-state index contributed by atoms with van der Waals surface area (Å²) >= 11 is 7.41. The summed E-state index contributed by atoms with van der Waals surface area (Å²) in [7, 11) is 0. The molecule has 0 bridgehead atoms. The third-order valence-corrected chi connectivity index (χ3v) is 3.80. The average molecular weight is 302 g/mol. The highest BCUT2D eigenvalue weighted by molar-refractivity contribution is 7.07. The molecule has 0 radical (unpaired) electrons. The third-order valence-electron chi connectivity index (χ3n) is 2.78. The lowest BCUT2D eigenvalue weighted by atomic mass is 10.3. The molecule has 0 unspecified atom stereocenters. The van der Waals surface area contributed by atoms with E-state index in [1.54, 1.807) is 23.6 Å². The van der Waals surface area contributed by atoms with E-state index in [2.05, 4.69) is 14.5 Å². The Morgan fingerprint density at radius 2 is 2.00 bits per heavy atom. The molecule has 0 aliphatic carbocycles. The fourth-order valence-electron chi connectivity index (χ4n) is 1.82. The van der Waals surface area contributed by atoms with Crippen LogP contribution in [0, 0.1) is 0 Å². The summed E-state index contributed by atoms with van der Waals surface area (Å²) in [6.45, 7) is 0.735. The van der Waals surface area contributed by atoms with Crippen molar-refractivity contribution in [2.45, 2.75) is 6.54 Å². The molecule has 1 aromatic carbocycles. The monoisotopic (exact) mass is 301 g/mol. The first-order valence-corrected chi connectivity index (χ1v) is 7.41. The first kappa shape index (κ1) is 13.1. The SMILES string of the molecule is Clc1ccc(Cn2ccs/c2=N/c2ccccc2)cn1. The van der Waals surface area contributed by atoms with Crippen LogP contribution in [0.1, 0.15) is 5.56 Å². The summed E-state index contributed by atoms with van der Waals surface area (Å²) in [5.41, 5.74) is 2.06. The number of para-hydroxylation sites is 1. The molecule has 20 heavy (non-hydrogen) atoms. The lowest BCUT2D eigenvalue weighted by Crippen LogP contribution is -2.14. The maximum Gasteiger partial charge on any atom is 0.190 e. The molecule has 0 atom stereocenters. The van der Waals surface area contributed by atoms with Crippen molar-refractivity contribution in [2.75, 3.05) is 0 Å². The predicted molar refractivity (Wildman–Crippen MR) is 82.3 cm³/mol. The zero-order valence-electron chi connectivity index (χ0n) is 10.6. The average Bonchev–Trinajstić information content (AvgIpc) is 2.90. The van der Waals surface area contributed by atoms with Gasteiger partial charge in [0.1, 0.15) is 5.15 Å². The summed E-state index contributed by atoms with van der Waals surface area (Å²) in [5, 5.41) is 2.55. The summed E-state index contributed by atoms with van der Waals surface area (Å²) in [5.74, 6) is 0. The molecule has 0 spiro atoms. The minimum Gasteiger partial charge on any atom is -0.319 e. The lowest BCUT2D eigenvalue weighted by molar-refractivity contribution is 0.767. The molecular formula is C15H12ClN3S. The fraction of sp³-hybridized carbons (Fsp3) is 0.0667. The molecule has 0 aliphatic rings. The second-order valence-corrected chi connectivity index (χ2v) is 5.51. The van der Waals surface area contributed by atoms with Crippen molar-refractivity contribution in [2.24, 2.45) is 4.99 Å². The maximum atomic E-state index is 5.80. The smallest absolute Gasteiger partial charge is 0.190 e. The van der Waals surface area contributed by atoms with Crippen LogP contribution in [-0.4, -0.2) is 9.55 Å². The van der Waals surface area contributed by atoms with Gasteiger partial charge in [-0.25, -0.2) is 9.98 Å². The number of hydrogen-bond acceptors (Lipinski definition) is 3. The van der Waals surface area contributed by atoms with Gasteiger partial charge in [0, 0.05) is 17.8 Å². The minimum atomic E-state index is 0.512. The van der Waals surface area contributed by atoms with Crippen molar-refractivity contribution in [1.29, 1.82) is 0 Å². The number of benzene rings is 1. The van der Waals surface area contributed by atoms with Crippen LogP contribution in [0.4, 0.5) is 5.69 Å². The van der Waals surface area contributed by atoms with Crippen LogP contribution in [0.5, 0.6) is 0 Å². The summed E-state index contributed by atoms with van der Waals surface area (Å²) in [4.78, 5) is 9.71.